The van der Waals surface area contributed by atoms with Gasteiger partial charge in [0.1, 0.15) is 17.9 Å². The lowest BCUT2D eigenvalue weighted by Crippen LogP contribution is -2.20. The third kappa shape index (κ3) is 4.55. The maximum absolute atomic E-state index is 13.5. The van der Waals surface area contributed by atoms with Crippen molar-refractivity contribution in [3.05, 3.63) is 99.8 Å². The molecule has 0 bridgehead atoms. The number of nitrogens with zero attached hydrogens (tertiary/aromatic N) is 4. The van der Waals surface area contributed by atoms with E-state index in [-0.39, 0.29) is 5.56 Å². The van der Waals surface area contributed by atoms with E-state index in [0.29, 0.717) is 46.0 Å². The summed E-state index contributed by atoms with van der Waals surface area (Å²) < 4.78 is 14.1. The van der Waals surface area contributed by atoms with Gasteiger partial charge in [-0.3, -0.25) is 4.79 Å². The summed E-state index contributed by atoms with van der Waals surface area (Å²) in [6.07, 6.45) is 3.28. The molecule has 0 saturated carbocycles. The minimum atomic E-state index is -0.299. The van der Waals surface area contributed by atoms with Crippen LogP contribution >= 0.6 is 15.9 Å². The summed E-state index contributed by atoms with van der Waals surface area (Å²) in [5.74, 6) is 1.37. The Balaban J connectivity index is 1.68. The van der Waals surface area contributed by atoms with Gasteiger partial charge in [-0.25, -0.2) is 4.98 Å². The van der Waals surface area contributed by atoms with Crippen molar-refractivity contribution in [2.45, 2.75) is 0 Å². The molecule has 2 heterocycles. The molecule has 2 aromatic heterocycles. The lowest BCUT2D eigenvalue weighted by atomic mass is 10.2. The van der Waals surface area contributed by atoms with Gasteiger partial charge in [0, 0.05) is 41.3 Å². The van der Waals surface area contributed by atoms with Gasteiger partial charge in [-0.15, -0.1) is 0 Å². The molecule has 0 aliphatic heterocycles. The smallest absolute Gasteiger partial charge is 0.282 e. The molecule has 0 N–H and O–H groups in total. The maximum atomic E-state index is 13.5. The van der Waals surface area contributed by atoms with Gasteiger partial charge in [0.25, 0.3) is 5.56 Å². The van der Waals surface area contributed by atoms with Gasteiger partial charge < -0.3 is 14.1 Å². The Morgan fingerprint density at radius 1 is 1.14 bits per heavy atom. The Morgan fingerprint density at radius 3 is 2.78 bits per heavy atom. The minimum Gasteiger partial charge on any atom is -0.489 e. The maximum Gasteiger partial charge on any atom is 0.282 e. The van der Waals surface area contributed by atoms with Gasteiger partial charge in [0.15, 0.2) is 5.76 Å². The predicted octanol–water partition coefficient (Wildman–Crippen LogP) is 6.09. The van der Waals surface area contributed by atoms with Crippen LogP contribution in [0.2, 0.25) is 0 Å². The molecule has 0 radical (unpaired) electrons. The Hall–Kier alpha value is -4.17. The second-order valence-electron chi connectivity index (χ2n) is 8.32. The van der Waals surface area contributed by atoms with Crippen LogP contribution in [-0.4, -0.2) is 36.6 Å². The zero-order chi connectivity index (χ0) is 25.2. The van der Waals surface area contributed by atoms with Crippen LogP contribution in [0.25, 0.3) is 33.5 Å². The summed E-state index contributed by atoms with van der Waals surface area (Å²) in [5, 5.41) is 5.91. The van der Waals surface area contributed by atoms with Crippen LogP contribution in [0.3, 0.4) is 0 Å². The first-order valence-electron chi connectivity index (χ1n) is 11.3. The Kier molecular flexibility index (Phi) is 6.43. The summed E-state index contributed by atoms with van der Waals surface area (Å²) >= 11 is 3.49. The topological polar surface area (TPSA) is 72.9 Å². The number of halogens is 1. The molecule has 5 aromatic rings. The first-order chi connectivity index (χ1) is 17.4. The Morgan fingerprint density at radius 2 is 1.97 bits per heavy atom. The number of anilines is 1. The highest BCUT2D eigenvalue weighted by Gasteiger charge is 2.17. The highest BCUT2D eigenvalue weighted by Crippen LogP contribution is 2.29. The van der Waals surface area contributed by atoms with Gasteiger partial charge in [-0.2, -0.15) is 9.78 Å². The van der Waals surface area contributed by atoms with Gasteiger partial charge in [0.2, 0.25) is 5.82 Å². The van der Waals surface area contributed by atoms with E-state index in [0.717, 1.165) is 15.5 Å². The molecular formula is C28H23BrN4O3. The molecule has 0 spiro atoms. The van der Waals surface area contributed by atoms with Crippen molar-refractivity contribution < 1.29 is 9.15 Å². The fourth-order valence-electron chi connectivity index (χ4n) is 3.82. The summed E-state index contributed by atoms with van der Waals surface area (Å²) in [7, 11) is 3.91. The standard InChI is InChI=1S/C28H23BrN4O3/c1-4-13-35-25-16-21(32(2)3)11-9-18(25)17-30-33-27(31-23-8-6-5-7-22(23)28(33)34)26-15-19-14-20(29)10-12-24(19)36-26/h4-12,14-17H,1,13H2,2-3H3. The average Bonchev–Trinajstić information content (AvgIpc) is 3.30. The average molecular weight is 543 g/mol. The highest BCUT2D eigenvalue weighted by atomic mass is 79.9. The van der Waals surface area contributed by atoms with Gasteiger partial charge in [0.05, 0.1) is 17.1 Å². The van der Waals surface area contributed by atoms with Gasteiger partial charge in [-0.1, -0.05) is 40.7 Å². The van der Waals surface area contributed by atoms with E-state index < -0.39 is 0 Å². The number of hydrogen-bond acceptors (Lipinski definition) is 6. The Bertz CT molecular complexity index is 1680. The zero-order valence-corrected chi connectivity index (χ0v) is 21.4. The van der Waals surface area contributed by atoms with E-state index in [4.69, 9.17) is 14.1 Å². The molecular weight excluding hydrogens is 520 g/mol. The number of ether oxygens (including phenoxy) is 1. The molecule has 180 valence electrons. The third-order valence-electron chi connectivity index (χ3n) is 5.64. The fraction of sp³-hybridized carbons (Fsp3) is 0.107. The van der Waals surface area contributed by atoms with Crippen molar-refractivity contribution >= 4 is 49.7 Å². The van der Waals surface area contributed by atoms with Crippen LogP contribution in [0, 0.1) is 0 Å². The predicted molar refractivity (Wildman–Crippen MR) is 148 cm³/mol. The molecule has 0 amide bonds. The third-order valence-corrected chi connectivity index (χ3v) is 6.13. The second-order valence-corrected chi connectivity index (χ2v) is 9.24. The lowest BCUT2D eigenvalue weighted by molar-refractivity contribution is 0.363. The van der Waals surface area contributed by atoms with E-state index in [1.165, 1.54) is 4.68 Å². The minimum absolute atomic E-state index is 0.299. The van der Waals surface area contributed by atoms with Crippen LogP contribution in [0.4, 0.5) is 5.69 Å². The van der Waals surface area contributed by atoms with Gasteiger partial charge in [-0.05, 0) is 48.5 Å². The lowest BCUT2D eigenvalue weighted by Gasteiger charge is -2.15. The first kappa shape index (κ1) is 23.6. The zero-order valence-electron chi connectivity index (χ0n) is 19.8. The van der Waals surface area contributed by atoms with E-state index in [2.05, 4.69) is 27.6 Å². The molecule has 0 fully saturated rings. The van der Waals surface area contributed by atoms with E-state index in [1.54, 1.807) is 30.5 Å². The molecule has 3 aromatic carbocycles. The van der Waals surface area contributed by atoms with Crippen LogP contribution in [-0.2, 0) is 0 Å². The van der Waals surface area contributed by atoms with Crippen LogP contribution < -0.4 is 15.2 Å². The number of benzene rings is 3. The van der Waals surface area contributed by atoms with E-state index in [9.17, 15) is 4.79 Å². The molecule has 0 aliphatic carbocycles. The molecule has 8 heteroatoms. The molecule has 7 nitrogen and oxygen atoms in total. The van der Waals surface area contributed by atoms with Crippen LogP contribution in [0.15, 0.2) is 98.2 Å². The number of fused-ring (bicyclic) bond motifs is 2. The number of aromatic nitrogens is 2. The Labute approximate surface area is 216 Å². The monoisotopic (exact) mass is 542 g/mol. The summed E-state index contributed by atoms with van der Waals surface area (Å²) in [5.41, 5.74) is 2.64. The van der Waals surface area contributed by atoms with E-state index >= 15 is 0 Å². The number of furan rings is 1. The highest BCUT2D eigenvalue weighted by molar-refractivity contribution is 9.10. The van der Waals surface area contributed by atoms with Crippen LogP contribution in [0.5, 0.6) is 5.75 Å². The molecule has 0 unspecified atom stereocenters. The summed E-state index contributed by atoms with van der Waals surface area (Å²) in [6, 6.07) is 20.5. The van der Waals surface area contributed by atoms with Crippen molar-refractivity contribution in [2.24, 2.45) is 5.10 Å². The molecule has 36 heavy (non-hydrogen) atoms. The quantitative estimate of drug-likeness (QED) is 0.184. The fourth-order valence-corrected chi connectivity index (χ4v) is 4.20. The number of hydrogen-bond donors (Lipinski definition) is 0. The number of rotatable bonds is 7. The van der Waals surface area contributed by atoms with Gasteiger partial charge >= 0.3 is 0 Å². The molecule has 5 rings (SSSR count). The van der Waals surface area contributed by atoms with Crippen molar-refractivity contribution in [3.8, 4) is 17.3 Å². The largest absolute Gasteiger partial charge is 0.489 e. The van der Waals surface area contributed by atoms with Crippen molar-refractivity contribution in [2.75, 3.05) is 25.6 Å². The molecule has 0 atom stereocenters. The number of para-hydroxylation sites is 1. The second kappa shape index (κ2) is 9.83. The summed E-state index contributed by atoms with van der Waals surface area (Å²) in [4.78, 5) is 20.2. The van der Waals surface area contributed by atoms with Crippen molar-refractivity contribution in [1.29, 1.82) is 0 Å². The van der Waals surface area contributed by atoms with Crippen molar-refractivity contribution in [1.82, 2.24) is 9.66 Å². The molecule has 0 saturated heterocycles. The SMILES string of the molecule is C=CCOc1cc(N(C)C)ccc1C=Nn1c(-c2cc3cc(Br)ccc3o2)nc2ccccc2c1=O. The first-order valence-corrected chi connectivity index (χ1v) is 12.0. The van der Waals surface area contributed by atoms with E-state index in [1.807, 2.05) is 67.5 Å². The normalized spacial score (nSPS) is 11.4. The molecule has 0 aliphatic rings. The summed E-state index contributed by atoms with van der Waals surface area (Å²) in [6.45, 7) is 4.07. The van der Waals surface area contributed by atoms with Crippen molar-refractivity contribution in [3.63, 3.8) is 0 Å². The van der Waals surface area contributed by atoms with Crippen LogP contribution in [0.1, 0.15) is 5.56 Å².